The lowest BCUT2D eigenvalue weighted by Gasteiger charge is -2.09. The van der Waals surface area contributed by atoms with Gasteiger partial charge >= 0.3 is 0 Å². The van der Waals surface area contributed by atoms with Crippen molar-refractivity contribution >= 4 is 11.6 Å². The number of aromatic amines is 1. The van der Waals surface area contributed by atoms with Crippen molar-refractivity contribution in [3.05, 3.63) is 41.0 Å². The average molecular weight is 258 g/mol. The molecule has 2 aromatic rings. The van der Waals surface area contributed by atoms with Crippen LogP contribution in [0.5, 0.6) is 0 Å². The fraction of sp³-hybridized carbons (Fsp3) is 0.357. The zero-order valence-electron chi connectivity index (χ0n) is 11.6. The molecule has 0 radical (unpaired) electrons. The van der Waals surface area contributed by atoms with E-state index in [1.54, 1.807) is 0 Å². The molecule has 0 aliphatic carbocycles. The van der Waals surface area contributed by atoms with Crippen molar-refractivity contribution < 1.29 is 4.79 Å². The van der Waals surface area contributed by atoms with Crippen LogP contribution in [0.1, 0.15) is 47.3 Å². The average Bonchev–Trinajstić information content (AvgIpc) is 2.83. The number of benzene rings is 1. The monoisotopic (exact) mass is 258 g/mol. The molecule has 1 amide bonds. The summed E-state index contributed by atoms with van der Waals surface area (Å²) in [6, 6.07) is 5.88. The Balaban J connectivity index is 2.21. The topological polar surface area (TPSA) is 70.7 Å². The van der Waals surface area contributed by atoms with Crippen LogP contribution in [0.3, 0.4) is 0 Å². The van der Waals surface area contributed by atoms with Gasteiger partial charge in [-0.1, -0.05) is 32.0 Å². The van der Waals surface area contributed by atoms with Gasteiger partial charge in [-0.25, -0.2) is 4.98 Å². The fourth-order valence-electron chi connectivity index (χ4n) is 1.82. The van der Waals surface area contributed by atoms with E-state index in [2.05, 4.69) is 20.5 Å². The van der Waals surface area contributed by atoms with Crippen molar-refractivity contribution in [2.75, 3.05) is 5.32 Å². The molecule has 0 saturated heterocycles. The van der Waals surface area contributed by atoms with Crippen LogP contribution in [0.15, 0.2) is 18.2 Å². The van der Waals surface area contributed by atoms with Crippen LogP contribution < -0.4 is 5.32 Å². The molecule has 0 spiro atoms. The summed E-state index contributed by atoms with van der Waals surface area (Å²) in [7, 11) is 0. The second kappa shape index (κ2) is 5.22. The normalized spacial score (nSPS) is 10.8. The van der Waals surface area contributed by atoms with Gasteiger partial charge in [-0.05, 0) is 25.0 Å². The molecule has 0 unspecified atom stereocenters. The highest BCUT2D eigenvalue weighted by Gasteiger charge is 2.15. The maximum absolute atomic E-state index is 12.1. The number of rotatable bonds is 3. The predicted octanol–water partition coefficient (Wildman–Crippen LogP) is 2.80. The van der Waals surface area contributed by atoms with Crippen molar-refractivity contribution in [3.8, 4) is 0 Å². The van der Waals surface area contributed by atoms with Gasteiger partial charge in [0.25, 0.3) is 5.91 Å². The number of aryl methyl sites for hydroxylation is 2. The van der Waals surface area contributed by atoms with Crippen LogP contribution in [-0.4, -0.2) is 21.1 Å². The van der Waals surface area contributed by atoms with Crippen molar-refractivity contribution in [2.24, 2.45) is 0 Å². The third-order valence-electron chi connectivity index (χ3n) is 2.97. The van der Waals surface area contributed by atoms with E-state index in [0.29, 0.717) is 5.82 Å². The second-order valence-corrected chi connectivity index (χ2v) is 4.92. The Morgan fingerprint density at radius 1 is 1.26 bits per heavy atom. The van der Waals surface area contributed by atoms with Crippen molar-refractivity contribution in [1.29, 1.82) is 0 Å². The van der Waals surface area contributed by atoms with Crippen molar-refractivity contribution in [3.63, 3.8) is 0 Å². The van der Waals surface area contributed by atoms with Crippen LogP contribution in [-0.2, 0) is 0 Å². The Morgan fingerprint density at radius 2 is 1.89 bits per heavy atom. The Kier molecular flexibility index (Phi) is 3.64. The summed E-state index contributed by atoms with van der Waals surface area (Å²) >= 11 is 0. The highest BCUT2D eigenvalue weighted by molar-refractivity contribution is 6.02. The molecule has 5 nitrogen and oxygen atoms in total. The van der Waals surface area contributed by atoms with Crippen molar-refractivity contribution in [1.82, 2.24) is 15.2 Å². The molecule has 1 aromatic carbocycles. The number of H-pyrrole nitrogens is 1. The lowest BCUT2D eigenvalue weighted by molar-refractivity contribution is 0.101. The summed E-state index contributed by atoms with van der Waals surface area (Å²) in [5, 5.41) is 9.59. The number of carbonyl (C=O) groups excluding carboxylic acids is 1. The van der Waals surface area contributed by atoms with Gasteiger partial charge in [-0.15, -0.1) is 5.10 Å². The number of nitrogens with one attached hydrogen (secondary N) is 2. The minimum absolute atomic E-state index is 0.173. The predicted molar refractivity (Wildman–Crippen MR) is 74.3 cm³/mol. The van der Waals surface area contributed by atoms with Crippen LogP contribution in [0, 0.1) is 13.8 Å². The molecule has 1 aromatic heterocycles. The zero-order chi connectivity index (χ0) is 14.0. The van der Waals surface area contributed by atoms with Gasteiger partial charge in [0.15, 0.2) is 0 Å². The third kappa shape index (κ3) is 2.81. The van der Waals surface area contributed by atoms with E-state index in [4.69, 9.17) is 0 Å². The molecule has 100 valence electrons. The maximum Gasteiger partial charge on any atom is 0.295 e. The molecule has 0 saturated carbocycles. The molecule has 1 heterocycles. The van der Waals surface area contributed by atoms with E-state index in [-0.39, 0.29) is 17.6 Å². The quantitative estimate of drug-likeness (QED) is 0.889. The van der Waals surface area contributed by atoms with E-state index in [0.717, 1.165) is 16.8 Å². The highest BCUT2D eigenvalue weighted by Crippen LogP contribution is 2.20. The number of amides is 1. The Hall–Kier alpha value is -2.17. The minimum atomic E-state index is -0.291. The number of para-hydroxylation sites is 1. The Bertz CT molecular complexity index is 581. The third-order valence-corrected chi connectivity index (χ3v) is 2.97. The summed E-state index contributed by atoms with van der Waals surface area (Å²) in [6.07, 6.45) is 0. The lowest BCUT2D eigenvalue weighted by atomic mass is 10.1. The second-order valence-electron chi connectivity index (χ2n) is 4.92. The minimum Gasteiger partial charge on any atom is -0.319 e. The number of hydrogen-bond acceptors (Lipinski definition) is 3. The summed E-state index contributed by atoms with van der Waals surface area (Å²) in [6.45, 7) is 7.90. The first-order chi connectivity index (χ1) is 8.99. The van der Waals surface area contributed by atoms with Gasteiger partial charge < -0.3 is 5.32 Å². The molecule has 0 fully saturated rings. The standard InChI is InChI=1S/C14H18N4O/c1-8(2)12-16-13(18-17-12)14(19)15-11-9(3)6-5-7-10(11)4/h5-8H,1-4H3,(H,15,19)(H,16,17,18). The van der Waals surface area contributed by atoms with Gasteiger partial charge in [-0.3, -0.25) is 9.89 Å². The molecule has 0 atom stereocenters. The molecule has 2 N–H and O–H groups in total. The smallest absolute Gasteiger partial charge is 0.295 e. The van der Waals surface area contributed by atoms with Crippen LogP contribution in [0.25, 0.3) is 0 Å². The van der Waals surface area contributed by atoms with Gasteiger partial charge in [0.1, 0.15) is 5.82 Å². The highest BCUT2D eigenvalue weighted by atomic mass is 16.2. The van der Waals surface area contributed by atoms with Gasteiger partial charge in [0.2, 0.25) is 5.82 Å². The fourth-order valence-corrected chi connectivity index (χ4v) is 1.82. The number of anilines is 1. The first-order valence-electron chi connectivity index (χ1n) is 6.29. The summed E-state index contributed by atoms with van der Waals surface area (Å²) in [4.78, 5) is 16.3. The molecule has 2 rings (SSSR count). The largest absolute Gasteiger partial charge is 0.319 e. The zero-order valence-corrected chi connectivity index (χ0v) is 11.6. The first-order valence-corrected chi connectivity index (χ1v) is 6.29. The summed E-state index contributed by atoms with van der Waals surface area (Å²) < 4.78 is 0. The number of nitrogens with zero attached hydrogens (tertiary/aromatic N) is 2. The van der Waals surface area contributed by atoms with E-state index in [1.807, 2.05) is 45.9 Å². The van der Waals surface area contributed by atoms with Crippen LogP contribution >= 0.6 is 0 Å². The molecule has 19 heavy (non-hydrogen) atoms. The number of aromatic nitrogens is 3. The molecular weight excluding hydrogens is 240 g/mol. The van der Waals surface area contributed by atoms with Gasteiger partial charge in [0.05, 0.1) is 0 Å². The Morgan fingerprint density at radius 3 is 2.42 bits per heavy atom. The number of carbonyl (C=O) groups is 1. The Labute approximate surface area is 112 Å². The summed E-state index contributed by atoms with van der Waals surface area (Å²) in [5.41, 5.74) is 2.87. The van der Waals surface area contributed by atoms with Crippen molar-refractivity contribution in [2.45, 2.75) is 33.6 Å². The lowest BCUT2D eigenvalue weighted by Crippen LogP contribution is -2.15. The molecular formula is C14H18N4O. The van der Waals surface area contributed by atoms with Crippen LogP contribution in [0.4, 0.5) is 5.69 Å². The van der Waals surface area contributed by atoms with E-state index in [9.17, 15) is 4.79 Å². The molecule has 5 heteroatoms. The van der Waals surface area contributed by atoms with Crippen LogP contribution in [0.2, 0.25) is 0 Å². The van der Waals surface area contributed by atoms with E-state index >= 15 is 0 Å². The maximum atomic E-state index is 12.1. The van der Waals surface area contributed by atoms with Gasteiger partial charge in [0, 0.05) is 11.6 Å². The summed E-state index contributed by atoms with van der Waals surface area (Å²) in [5.74, 6) is 0.813. The molecule has 0 aliphatic rings. The van der Waals surface area contributed by atoms with E-state index < -0.39 is 0 Å². The van der Waals surface area contributed by atoms with E-state index in [1.165, 1.54) is 0 Å². The first kappa shape index (κ1) is 13.3. The van der Waals surface area contributed by atoms with Gasteiger partial charge in [-0.2, -0.15) is 0 Å². The number of hydrogen-bond donors (Lipinski definition) is 2. The molecule has 0 bridgehead atoms. The molecule has 0 aliphatic heterocycles. The SMILES string of the molecule is Cc1cccc(C)c1NC(=O)c1n[nH]c(C(C)C)n1.